The van der Waals surface area contributed by atoms with Crippen LogP contribution in [-0.2, 0) is 8.54 Å². The van der Waals surface area contributed by atoms with Gasteiger partial charge in [-0.2, -0.15) is 0 Å². The standard InChI is InChI=1S/C14H26O2Si2/c1-15-18(4,16-17(2)3)14-9-10-8-13(14)12-7-5-6-11(10)12/h5,7,10-14,17H,6,8-9H2,1-4H3. The van der Waals surface area contributed by atoms with Crippen molar-refractivity contribution in [2.24, 2.45) is 23.7 Å². The molecule has 102 valence electrons. The van der Waals surface area contributed by atoms with Crippen molar-refractivity contribution in [3.63, 3.8) is 0 Å². The number of hydrogen-bond donors (Lipinski definition) is 0. The third kappa shape index (κ3) is 1.89. The molecule has 2 saturated carbocycles. The second kappa shape index (κ2) is 4.58. The summed E-state index contributed by atoms with van der Waals surface area (Å²) in [6, 6.07) is 0. The van der Waals surface area contributed by atoms with Gasteiger partial charge in [-0.05, 0) is 62.6 Å². The summed E-state index contributed by atoms with van der Waals surface area (Å²) >= 11 is 0. The fourth-order valence-corrected chi connectivity index (χ4v) is 11.9. The van der Waals surface area contributed by atoms with E-state index in [2.05, 4.69) is 31.8 Å². The lowest BCUT2D eigenvalue weighted by Gasteiger charge is -2.41. The quantitative estimate of drug-likeness (QED) is 0.582. The lowest BCUT2D eigenvalue weighted by Crippen LogP contribution is -2.49. The van der Waals surface area contributed by atoms with Crippen LogP contribution in [0.25, 0.3) is 0 Å². The van der Waals surface area contributed by atoms with Crippen molar-refractivity contribution in [1.82, 2.24) is 0 Å². The van der Waals surface area contributed by atoms with E-state index in [1.165, 1.54) is 19.3 Å². The molecule has 6 unspecified atom stereocenters. The van der Waals surface area contributed by atoms with E-state index < -0.39 is 17.6 Å². The van der Waals surface area contributed by atoms with Crippen molar-refractivity contribution < 1.29 is 8.54 Å². The largest absolute Gasteiger partial charge is 0.439 e. The molecular weight excluding hydrogens is 256 g/mol. The summed E-state index contributed by atoms with van der Waals surface area (Å²) in [6.45, 7) is 6.87. The molecule has 0 aromatic heterocycles. The molecule has 0 saturated heterocycles. The van der Waals surface area contributed by atoms with Gasteiger partial charge < -0.3 is 8.54 Å². The van der Waals surface area contributed by atoms with E-state index in [1.807, 2.05) is 7.11 Å². The van der Waals surface area contributed by atoms with Gasteiger partial charge in [0.25, 0.3) is 0 Å². The average Bonchev–Trinajstić information content (AvgIpc) is 2.99. The van der Waals surface area contributed by atoms with Crippen LogP contribution in [0.1, 0.15) is 19.3 Å². The van der Waals surface area contributed by atoms with Gasteiger partial charge in [0.15, 0.2) is 9.04 Å². The first-order valence-corrected chi connectivity index (χ1v) is 12.6. The molecule has 0 amide bonds. The number of fused-ring (bicyclic) bond motifs is 5. The maximum absolute atomic E-state index is 6.40. The zero-order chi connectivity index (χ0) is 12.9. The summed E-state index contributed by atoms with van der Waals surface area (Å²) in [7, 11) is -1.06. The average molecular weight is 283 g/mol. The Bertz CT molecular complexity index is 358. The molecule has 3 aliphatic rings. The maximum atomic E-state index is 6.40. The Kier molecular flexibility index (Phi) is 3.33. The van der Waals surface area contributed by atoms with E-state index >= 15 is 0 Å². The molecule has 6 atom stereocenters. The van der Waals surface area contributed by atoms with Gasteiger partial charge in [-0.3, -0.25) is 0 Å². The van der Waals surface area contributed by atoms with Crippen molar-refractivity contribution in [2.75, 3.05) is 7.11 Å². The molecule has 2 bridgehead atoms. The van der Waals surface area contributed by atoms with Gasteiger partial charge in [-0.15, -0.1) is 0 Å². The summed E-state index contributed by atoms with van der Waals surface area (Å²) < 4.78 is 12.4. The van der Waals surface area contributed by atoms with Crippen LogP contribution in [0, 0.1) is 23.7 Å². The van der Waals surface area contributed by atoms with Gasteiger partial charge in [0.1, 0.15) is 0 Å². The molecule has 3 rings (SSSR count). The van der Waals surface area contributed by atoms with E-state index in [0.29, 0.717) is 0 Å². The molecular formula is C14H26O2Si2. The smallest absolute Gasteiger partial charge is 0.327 e. The Labute approximate surface area is 114 Å². The predicted molar refractivity (Wildman–Crippen MR) is 79.3 cm³/mol. The zero-order valence-corrected chi connectivity index (χ0v) is 14.2. The second-order valence-electron chi connectivity index (χ2n) is 6.79. The van der Waals surface area contributed by atoms with Crippen molar-refractivity contribution in [1.29, 1.82) is 0 Å². The minimum atomic E-state index is -1.94. The molecule has 0 heterocycles. The Morgan fingerprint density at radius 3 is 2.67 bits per heavy atom. The third-order valence-corrected chi connectivity index (χ3v) is 12.1. The highest BCUT2D eigenvalue weighted by Gasteiger charge is 2.59. The number of hydrogen-bond acceptors (Lipinski definition) is 2. The van der Waals surface area contributed by atoms with E-state index in [9.17, 15) is 0 Å². The molecule has 3 aliphatic carbocycles. The van der Waals surface area contributed by atoms with Crippen molar-refractivity contribution in [2.45, 2.75) is 44.4 Å². The van der Waals surface area contributed by atoms with Gasteiger partial charge >= 0.3 is 8.56 Å². The van der Waals surface area contributed by atoms with E-state index in [4.69, 9.17) is 8.54 Å². The van der Waals surface area contributed by atoms with Crippen molar-refractivity contribution in [3.05, 3.63) is 12.2 Å². The topological polar surface area (TPSA) is 18.5 Å². The van der Waals surface area contributed by atoms with Gasteiger partial charge in [0, 0.05) is 12.7 Å². The van der Waals surface area contributed by atoms with Gasteiger partial charge in [-0.1, -0.05) is 12.2 Å². The lowest BCUT2D eigenvalue weighted by molar-refractivity contribution is 0.225. The fraction of sp³-hybridized carbons (Fsp3) is 0.857. The van der Waals surface area contributed by atoms with Crippen LogP contribution in [0.15, 0.2) is 12.2 Å². The molecule has 0 aromatic rings. The molecule has 0 aromatic carbocycles. The number of rotatable bonds is 4. The predicted octanol–water partition coefficient (Wildman–Crippen LogP) is 3.31. The minimum Gasteiger partial charge on any atom is -0.439 e. The summed E-state index contributed by atoms with van der Waals surface area (Å²) in [5.74, 6) is 3.65. The van der Waals surface area contributed by atoms with Crippen LogP contribution < -0.4 is 0 Å². The highest BCUT2D eigenvalue weighted by atomic mass is 28.4. The minimum absolute atomic E-state index is 0.742. The van der Waals surface area contributed by atoms with Crippen LogP contribution in [0.2, 0.25) is 25.2 Å². The summed E-state index contributed by atoms with van der Waals surface area (Å²) in [5.41, 5.74) is 0.742. The molecule has 0 radical (unpaired) electrons. The fourth-order valence-electron chi connectivity index (χ4n) is 4.90. The highest BCUT2D eigenvalue weighted by molar-refractivity contribution is 6.75. The number of allylic oxidation sites excluding steroid dienone is 2. The Balaban J connectivity index is 1.79. The van der Waals surface area contributed by atoms with Gasteiger partial charge in [-0.25, -0.2) is 0 Å². The van der Waals surface area contributed by atoms with E-state index in [-0.39, 0.29) is 0 Å². The monoisotopic (exact) mass is 282 g/mol. The summed E-state index contributed by atoms with van der Waals surface area (Å²) in [6.07, 6.45) is 9.08. The molecule has 0 aliphatic heterocycles. The second-order valence-corrected chi connectivity index (χ2v) is 13.0. The normalized spacial score (nSPS) is 44.6. The summed E-state index contributed by atoms with van der Waals surface area (Å²) in [4.78, 5) is 0. The lowest BCUT2D eigenvalue weighted by atomic mass is 9.81. The first-order chi connectivity index (χ1) is 8.55. The third-order valence-electron chi connectivity index (χ3n) is 5.56. The Hall–Kier alpha value is 0.0938. The molecule has 0 N–H and O–H groups in total. The first kappa shape index (κ1) is 13.1. The van der Waals surface area contributed by atoms with Gasteiger partial charge in [0.05, 0.1) is 0 Å². The first-order valence-electron chi connectivity index (χ1n) is 7.45. The van der Waals surface area contributed by atoms with Crippen LogP contribution in [-0.4, -0.2) is 24.7 Å². The maximum Gasteiger partial charge on any atom is 0.327 e. The SMILES string of the molecule is CO[Si](C)(O[SiH](C)C)C1CC2CC1C1C=CCC21. The summed E-state index contributed by atoms with van der Waals surface area (Å²) in [5, 5.41) is 0. The van der Waals surface area contributed by atoms with E-state index in [0.717, 1.165) is 29.2 Å². The molecule has 2 fully saturated rings. The van der Waals surface area contributed by atoms with Gasteiger partial charge in [0.2, 0.25) is 0 Å². The molecule has 4 heteroatoms. The van der Waals surface area contributed by atoms with Crippen molar-refractivity contribution in [3.8, 4) is 0 Å². The zero-order valence-electron chi connectivity index (χ0n) is 12.1. The van der Waals surface area contributed by atoms with Crippen molar-refractivity contribution >= 4 is 17.6 Å². The molecule has 2 nitrogen and oxygen atoms in total. The Morgan fingerprint density at radius 1 is 1.22 bits per heavy atom. The molecule has 18 heavy (non-hydrogen) atoms. The van der Waals surface area contributed by atoms with Crippen LogP contribution in [0.3, 0.4) is 0 Å². The van der Waals surface area contributed by atoms with Crippen LogP contribution in [0.5, 0.6) is 0 Å². The van der Waals surface area contributed by atoms with Crippen LogP contribution in [0.4, 0.5) is 0 Å². The van der Waals surface area contributed by atoms with Crippen LogP contribution >= 0.6 is 0 Å². The molecule has 0 spiro atoms. The Morgan fingerprint density at radius 2 is 2.00 bits per heavy atom. The van der Waals surface area contributed by atoms with E-state index in [1.54, 1.807) is 0 Å². The highest BCUT2D eigenvalue weighted by Crippen LogP contribution is 2.63.